The maximum Gasteiger partial charge on any atom is 0.183 e. The van der Waals surface area contributed by atoms with E-state index in [2.05, 4.69) is 0 Å². The quantitative estimate of drug-likeness (QED) is 0.646. The zero-order valence-corrected chi connectivity index (χ0v) is 8.10. The van der Waals surface area contributed by atoms with Crippen LogP contribution in [0.4, 0.5) is 0 Å². The van der Waals surface area contributed by atoms with Gasteiger partial charge >= 0.3 is 0 Å². The fraction of sp³-hybridized carbons (Fsp3) is 1.00. The van der Waals surface area contributed by atoms with E-state index in [4.69, 9.17) is 18.9 Å². The van der Waals surface area contributed by atoms with Gasteiger partial charge in [0.2, 0.25) is 0 Å². The molecular weight excluding hydrogens is 176 g/mol. The Morgan fingerprint density at radius 2 is 1.69 bits per heavy atom. The highest BCUT2D eigenvalue weighted by molar-refractivity contribution is 4.85. The first-order valence-electron chi connectivity index (χ1n) is 4.12. The van der Waals surface area contributed by atoms with Crippen LogP contribution in [0.3, 0.4) is 0 Å². The van der Waals surface area contributed by atoms with Gasteiger partial charge in [-0.15, -0.1) is 0 Å². The largest absolute Gasteiger partial charge is 0.376 e. The van der Waals surface area contributed by atoms with Gasteiger partial charge in [0.1, 0.15) is 18.3 Å². The van der Waals surface area contributed by atoms with Gasteiger partial charge in [0.25, 0.3) is 0 Å². The summed E-state index contributed by atoms with van der Waals surface area (Å²) in [6.45, 7) is 0.316. The van der Waals surface area contributed by atoms with Gasteiger partial charge in [-0.2, -0.15) is 0 Å². The summed E-state index contributed by atoms with van der Waals surface area (Å²) >= 11 is 0. The lowest BCUT2D eigenvalue weighted by molar-refractivity contribution is -0.267. The summed E-state index contributed by atoms with van der Waals surface area (Å²) in [5, 5.41) is 9.40. The molecule has 13 heavy (non-hydrogen) atoms. The SMILES string of the molecule is CO[C@@H]1[C@H](OC)[C@@H](O)OC[C@@H]1OC. The van der Waals surface area contributed by atoms with Crippen molar-refractivity contribution in [2.75, 3.05) is 27.9 Å². The van der Waals surface area contributed by atoms with Crippen LogP contribution in [0.1, 0.15) is 0 Å². The average molecular weight is 192 g/mol. The Hall–Kier alpha value is -0.200. The third kappa shape index (κ3) is 2.18. The first kappa shape index (κ1) is 10.9. The van der Waals surface area contributed by atoms with E-state index in [1.54, 1.807) is 14.2 Å². The Labute approximate surface area is 77.5 Å². The maximum atomic E-state index is 9.40. The summed E-state index contributed by atoms with van der Waals surface area (Å²) in [5.41, 5.74) is 0. The number of aliphatic hydroxyl groups excluding tert-OH is 1. The van der Waals surface area contributed by atoms with Crippen LogP contribution < -0.4 is 0 Å². The number of hydrogen-bond acceptors (Lipinski definition) is 5. The van der Waals surface area contributed by atoms with E-state index in [9.17, 15) is 5.11 Å². The second kappa shape index (κ2) is 4.88. The van der Waals surface area contributed by atoms with Gasteiger partial charge in [0.05, 0.1) is 6.61 Å². The van der Waals surface area contributed by atoms with E-state index in [0.29, 0.717) is 6.61 Å². The van der Waals surface area contributed by atoms with Crippen LogP contribution in [0.2, 0.25) is 0 Å². The minimum atomic E-state index is -0.943. The van der Waals surface area contributed by atoms with Gasteiger partial charge in [-0.25, -0.2) is 0 Å². The fourth-order valence-electron chi connectivity index (χ4n) is 1.50. The molecule has 0 aromatic carbocycles. The van der Waals surface area contributed by atoms with Crippen molar-refractivity contribution < 1.29 is 24.1 Å². The topological polar surface area (TPSA) is 57.2 Å². The van der Waals surface area contributed by atoms with E-state index in [-0.39, 0.29) is 12.2 Å². The average Bonchev–Trinajstić information content (AvgIpc) is 2.17. The van der Waals surface area contributed by atoms with Gasteiger partial charge in [-0.3, -0.25) is 0 Å². The van der Waals surface area contributed by atoms with E-state index in [1.807, 2.05) is 0 Å². The zero-order valence-electron chi connectivity index (χ0n) is 8.10. The molecule has 1 heterocycles. The molecule has 0 aromatic rings. The predicted molar refractivity (Wildman–Crippen MR) is 44.3 cm³/mol. The molecule has 0 aliphatic carbocycles. The lowest BCUT2D eigenvalue weighted by Gasteiger charge is -2.38. The Morgan fingerprint density at radius 1 is 1.08 bits per heavy atom. The Kier molecular flexibility index (Phi) is 4.08. The Balaban J connectivity index is 2.64. The predicted octanol–water partition coefficient (Wildman–Crippen LogP) is -0.620. The molecule has 0 radical (unpaired) electrons. The molecule has 5 heteroatoms. The summed E-state index contributed by atoms with van der Waals surface area (Å²) in [6.07, 6.45) is -1.93. The lowest BCUT2D eigenvalue weighted by Crippen LogP contribution is -2.55. The van der Waals surface area contributed by atoms with Gasteiger partial charge in [0.15, 0.2) is 6.29 Å². The molecule has 4 atom stereocenters. The van der Waals surface area contributed by atoms with Crippen molar-refractivity contribution >= 4 is 0 Å². The molecule has 1 saturated heterocycles. The third-order valence-corrected chi connectivity index (χ3v) is 2.25. The molecule has 0 aromatic heterocycles. The van der Waals surface area contributed by atoms with Gasteiger partial charge in [-0.1, -0.05) is 0 Å². The van der Waals surface area contributed by atoms with Crippen LogP contribution >= 0.6 is 0 Å². The first-order valence-corrected chi connectivity index (χ1v) is 4.12. The van der Waals surface area contributed by atoms with Crippen molar-refractivity contribution in [2.24, 2.45) is 0 Å². The monoisotopic (exact) mass is 192 g/mol. The van der Waals surface area contributed by atoms with Gasteiger partial charge in [-0.05, 0) is 0 Å². The number of aliphatic hydroxyl groups is 1. The standard InChI is InChI=1S/C8H16O5/c1-10-5-4-13-8(9)7(12-3)6(5)11-2/h5-9H,4H2,1-3H3/t5-,6-,7-,8-/m0/s1. The summed E-state index contributed by atoms with van der Waals surface area (Å²) in [5.74, 6) is 0. The van der Waals surface area contributed by atoms with Crippen molar-refractivity contribution in [2.45, 2.75) is 24.6 Å². The summed E-state index contributed by atoms with van der Waals surface area (Å²) in [6, 6.07) is 0. The Bertz CT molecular complexity index is 151. The highest BCUT2D eigenvalue weighted by Gasteiger charge is 2.40. The van der Waals surface area contributed by atoms with Crippen LogP contribution in [-0.4, -0.2) is 57.6 Å². The Morgan fingerprint density at radius 3 is 2.15 bits per heavy atom. The molecule has 0 bridgehead atoms. The second-order valence-corrected chi connectivity index (χ2v) is 2.90. The van der Waals surface area contributed by atoms with Crippen molar-refractivity contribution in [3.05, 3.63) is 0 Å². The van der Waals surface area contributed by atoms with Crippen LogP contribution in [0.15, 0.2) is 0 Å². The first-order chi connectivity index (χ1) is 6.24. The van der Waals surface area contributed by atoms with Crippen molar-refractivity contribution in [1.82, 2.24) is 0 Å². The van der Waals surface area contributed by atoms with Crippen LogP contribution in [0.5, 0.6) is 0 Å². The lowest BCUT2D eigenvalue weighted by atomic mass is 10.1. The van der Waals surface area contributed by atoms with E-state index in [1.165, 1.54) is 7.11 Å². The number of methoxy groups -OCH3 is 3. The molecule has 78 valence electrons. The molecule has 1 aliphatic heterocycles. The normalized spacial score (nSPS) is 40.6. The highest BCUT2D eigenvalue weighted by atomic mass is 16.7. The number of ether oxygens (including phenoxy) is 4. The number of hydrogen-bond donors (Lipinski definition) is 1. The van der Waals surface area contributed by atoms with Gasteiger partial charge < -0.3 is 24.1 Å². The maximum absolute atomic E-state index is 9.40. The molecule has 1 N–H and O–H groups in total. The molecule has 5 nitrogen and oxygen atoms in total. The van der Waals surface area contributed by atoms with Crippen molar-refractivity contribution in [1.29, 1.82) is 0 Å². The molecule has 1 rings (SSSR count). The minimum absolute atomic E-state index is 0.196. The fourth-order valence-corrected chi connectivity index (χ4v) is 1.50. The summed E-state index contributed by atoms with van der Waals surface area (Å²) < 4.78 is 20.4. The number of rotatable bonds is 3. The van der Waals surface area contributed by atoms with Crippen LogP contribution in [0, 0.1) is 0 Å². The molecule has 0 unspecified atom stereocenters. The second-order valence-electron chi connectivity index (χ2n) is 2.90. The van der Waals surface area contributed by atoms with Crippen LogP contribution in [-0.2, 0) is 18.9 Å². The van der Waals surface area contributed by atoms with Crippen molar-refractivity contribution in [3.63, 3.8) is 0 Å². The van der Waals surface area contributed by atoms with Crippen LogP contribution in [0.25, 0.3) is 0 Å². The molecule has 1 aliphatic rings. The highest BCUT2D eigenvalue weighted by Crippen LogP contribution is 2.20. The summed E-state index contributed by atoms with van der Waals surface area (Å²) in [4.78, 5) is 0. The van der Waals surface area contributed by atoms with E-state index in [0.717, 1.165) is 0 Å². The zero-order chi connectivity index (χ0) is 9.84. The van der Waals surface area contributed by atoms with Crippen molar-refractivity contribution in [3.8, 4) is 0 Å². The molecule has 0 amide bonds. The van der Waals surface area contributed by atoms with E-state index < -0.39 is 12.4 Å². The van der Waals surface area contributed by atoms with E-state index >= 15 is 0 Å². The molecule has 0 saturated carbocycles. The molecule has 1 fully saturated rings. The minimum Gasteiger partial charge on any atom is -0.376 e. The molecular formula is C8H16O5. The molecule has 0 spiro atoms. The van der Waals surface area contributed by atoms with Gasteiger partial charge in [0, 0.05) is 21.3 Å². The smallest absolute Gasteiger partial charge is 0.183 e. The third-order valence-electron chi connectivity index (χ3n) is 2.25. The summed E-state index contributed by atoms with van der Waals surface area (Å²) in [7, 11) is 4.63.